The molecule has 0 saturated carbocycles. The molecule has 0 saturated heterocycles. The predicted molar refractivity (Wildman–Crippen MR) is 239 cm³/mol. The Kier molecular flexibility index (Phi) is 7.17. The lowest BCUT2D eigenvalue weighted by molar-refractivity contribution is 0.794. The molecule has 1 spiro atoms. The van der Waals surface area contributed by atoms with Crippen LogP contribution in [0.4, 0.5) is 5.69 Å². The van der Waals surface area contributed by atoms with Gasteiger partial charge in [0.15, 0.2) is 23.2 Å². The standard InChI is InChI=1S/C55H32N4/c1-56-50-23-11-22-49-51(50)45-33-39(28-29-48(45)55(49)46-20-8-6-18-43(46)44-19-7-9-21-47(44)55)38-16-10-17-40(32-38)52-57-53(41-26-24-34-12-2-4-14-36(34)30-41)59-54(58-52)42-27-25-35-13-3-5-15-37(35)31-42/h2-33H. The highest BCUT2D eigenvalue weighted by Gasteiger charge is 2.51. The molecule has 12 rings (SSSR count). The maximum absolute atomic E-state index is 8.29. The van der Waals surface area contributed by atoms with E-state index in [4.69, 9.17) is 21.5 Å². The number of benzene rings is 9. The van der Waals surface area contributed by atoms with Gasteiger partial charge in [0.05, 0.1) is 12.0 Å². The van der Waals surface area contributed by atoms with Crippen molar-refractivity contribution >= 4 is 27.2 Å². The molecular weight excluding hydrogens is 717 g/mol. The van der Waals surface area contributed by atoms with Crippen molar-refractivity contribution in [2.45, 2.75) is 5.41 Å². The van der Waals surface area contributed by atoms with Crippen molar-refractivity contribution in [1.29, 1.82) is 0 Å². The normalized spacial score (nSPS) is 12.9. The first-order valence-electron chi connectivity index (χ1n) is 19.9. The molecule has 0 aliphatic heterocycles. The van der Waals surface area contributed by atoms with Gasteiger partial charge in [-0.1, -0.05) is 170 Å². The third-order valence-electron chi connectivity index (χ3n) is 12.3. The van der Waals surface area contributed by atoms with E-state index in [0.29, 0.717) is 23.2 Å². The average molecular weight is 749 g/mol. The average Bonchev–Trinajstić information content (AvgIpc) is 3.78. The van der Waals surface area contributed by atoms with E-state index >= 15 is 0 Å². The zero-order chi connectivity index (χ0) is 39.1. The molecule has 10 aromatic rings. The summed E-state index contributed by atoms with van der Waals surface area (Å²) in [6.07, 6.45) is 0. The summed E-state index contributed by atoms with van der Waals surface area (Å²) in [6.45, 7) is 8.29. The van der Waals surface area contributed by atoms with Gasteiger partial charge in [0, 0.05) is 16.7 Å². The van der Waals surface area contributed by atoms with Gasteiger partial charge in [-0.2, -0.15) is 0 Å². The van der Waals surface area contributed by atoms with E-state index in [0.717, 1.165) is 55.3 Å². The lowest BCUT2D eigenvalue weighted by atomic mass is 9.70. The van der Waals surface area contributed by atoms with Crippen molar-refractivity contribution in [1.82, 2.24) is 15.0 Å². The fourth-order valence-corrected chi connectivity index (χ4v) is 9.70. The van der Waals surface area contributed by atoms with Crippen molar-refractivity contribution in [3.8, 4) is 67.5 Å². The molecule has 0 radical (unpaired) electrons. The van der Waals surface area contributed by atoms with Crippen LogP contribution in [0.5, 0.6) is 0 Å². The Morgan fingerprint density at radius 1 is 0.339 bits per heavy atom. The first-order valence-corrected chi connectivity index (χ1v) is 19.9. The summed E-state index contributed by atoms with van der Waals surface area (Å²) in [5.41, 5.74) is 14.5. The van der Waals surface area contributed by atoms with Crippen LogP contribution in [0.1, 0.15) is 22.3 Å². The summed E-state index contributed by atoms with van der Waals surface area (Å²) < 4.78 is 0. The van der Waals surface area contributed by atoms with Gasteiger partial charge in [-0.25, -0.2) is 19.8 Å². The molecule has 0 amide bonds. The smallest absolute Gasteiger partial charge is 0.195 e. The summed E-state index contributed by atoms with van der Waals surface area (Å²) >= 11 is 0. The van der Waals surface area contributed by atoms with E-state index in [2.05, 4.69) is 187 Å². The van der Waals surface area contributed by atoms with Gasteiger partial charge in [0.1, 0.15) is 0 Å². The highest BCUT2D eigenvalue weighted by molar-refractivity contribution is 6.00. The molecular formula is C55H32N4. The molecule has 2 aliphatic rings. The Morgan fingerprint density at radius 3 is 1.41 bits per heavy atom. The van der Waals surface area contributed by atoms with Crippen LogP contribution >= 0.6 is 0 Å². The fraction of sp³-hybridized carbons (Fsp3) is 0.0182. The minimum atomic E-state index is -0.512. The van der Waals surface area contributed by atoms with Gasteiger partial charge in [0.2, 0.25) is 0 Å². The van der Waals surface area contributed by atoms with E-state index in [1.54, 1.807) is 0 Å². The van der Waals surface area contributed by atoms with Gasteiger partial charge >= 0.3 is 0 Å². The zero-order valence-electron chi connectivity index (χ0n) is 31.8. The summed E-state index contributed by atoms with van der Waals surface area (Å²) in [7, 11) is 0. The lowest BCUT2D eigenvalue weighted by Gasteiger charge is -2.30. The second-order valence-electron chi connectivity index (χ2n) is 15.4. The number of hydrogen-bond acceptors (Lipinski definition) is 3. The largest absolute Gasteiger partial charge is 0.238 e. The van der Waals surface area contributed by atoms with E-state index < -0.39 is 5.41 Å². The minimum absolute atomic E-state index is 0.512. The summed E-state index contributed by atoms with van der Waals surface area (Å²) in [6, 6.07) is 68.5. The van der Waals surface area contributed by atoms with Crippen LogP contribution in [-0.4, -0.2) is 15.0 Å². The molecule has 4 nitrogen and oxygen atoms in total. The second-order valence-corrected chi connectivity index (χ2v) is 15.4. The van der Waals surface area contributed by atoms with Gasteiger partial charge in [-0.15, -0.1) is 0 Å². The fourth-order valence-electron chi connectivity index (χ4n) is 9.70. The predicted octanol–water partition coefficient (Wildman–Crippen LogP) is 13.7. The van der Waals surface area contributed by atoms with Gasteiger partial charge in [-0.05, 0) is 101 Å². The van der Waals surface area contributed by atoms with Crippen LogP contribution in [0, 0.1) is 6.57 Å². The van der Waals surface area contributed by atoms with Crippen LogP contribution in [-0.2, 0) is 5.41 Å². The third kappa shape index (κ3) is 4.92. The Labute approximate surface area is 341 Å². The molecule has 1 heterocycles. The number of aromatic nitrogens is 3. The molecule has 1 aromatic heterocycles. The van der Waals surface area contributed by atoms with E-state index in [-0.39, 0.29) is 0 Å². The van der Waals surface area contributed by atoms with E-state index in [1.165, 1.54) is 38.6 Å². The van der Waals surface area contributed by atoms with Crippen molar-refractivity contribution in [2.75, 3.05) is 0 Å². The molecule has 0 unspecified atom stereocenters. The number of hydrogen-bond donors (Lipinski definition) is 0. The van der Waals surface area contributed by atoms with Crippen LogP contribution in [0.25, 0.3) is 93.9 Å². The Balaban J connectivity index is 1.03. The summed E-state index contributed by atoms with van der Waals surface area (Å²) in [5, 5.41) is 4.60. The van der Waals surface area contributed by atoms with Gasteiger partial charge in [0.25, 0.3) is 0 Å². The number of nitrogens with zero attached hydrogens (tertiary/aromatic N) is 4. The molecule has 4 heteroatoms. The first kappa shape index (κ1) is 33.2. The van der Waals surface area contributed by atoms with Crippen molar-refractivity contribution < 1.29 is 0 Å². The minimum Gasteiger partial charge on any atom is -0.238 e. The highest BCUT2D eigenvalue weighted by atomic mass is 15.0. The summed E-state index contributed by atoms with van der Waals surface area (Å²) in [4.78, 5) is 19.5. The Hall–Kier alpha value is -8.00. The van der Waals surface area contributed by atoms with E-state index in [9.17, 15) is 0 Å². The van der Waals surface area contributed by atoms with Crippen LogP contribution in [0.15, 0.2) is 194 Å². The van der Waals surface area contributed by atoms with Crippen LogP contribution < -0.4 is 0 Å². The molecule has 2 aliphatic carbocycles. The number of rotatable bonds is 4. The van der Waals surface area contributed by atoms with Gasteiger partial charge in [-0.3, -0.25) is 0 Å². The molecule has 59 heavy (non-hydrogen) atoms. The summed E-state index contributed by atoms with van der Waals surface area (Å²) in [5.74, 6) is 1.85. The van der Waals surface area contributed by atoms with Crippen LogP contribution in [0.3, 0.4) is 0 Å². The first-order chi connectivity index (χ1) is 29.2. The lowest BCUT2D eigenvalue weighted by Crippen LogP contribution is -2.25. The molecule has 0 N–H and O–H groups in total. The van der Waals surface area contributed by atoms with Crippen molar-refractivity contribution in [2.24, 2.45) is 0 Å². The quantitative estimate of drug-likeness (QED) is 0.168. The molecule has 0 bridgehead atoms. The number of fused-ring (bicyclic) bond motifs is 12. The topological polar surface area (TPSA) is 43.0 Å². The maximum Gasteiger partial charge on any atom is 0.195 e. The zero-order valence-corrected chi connectivity index (χ0v) is 31.8. The molecule has 0 fully saturated rings. The second kappa shape index (κ2) is 12.8. The molecule has 9 aromatic carbocycles. The van der Waals surface area contributed by atoms with Crippen LogP contribution in [0.2, 0.25) is 0 Å². The molecule has 272 valence electrons. The van der Waals surface area contributed by atoms with Crippen molar-refractivity contribution in [3.05, 3.63) is 228 Å². The van der Waals surface area contributed by atoms with Crippen molar-refractivity contribution in [3.63, 3.8) is 0 Å². The maximum atomic E-state index is 8.29. The highest BCUT2D eigenvalue weighted by Crippen LogP contribution is 2.64. The van der Waals surface area contributed by atoms with Gasteiger partial charge < -0.3 is 0 Å². The Bertz CT molecular complexity index is 3280. The third-order valence-corrected chi connectivity index (χ3v) is 12.3. The molecule has 0 atom stereocenters. The monoisotopic (exact) mass is 748 g/mol. The van der Waals surface area contributed by atoms with E-state index in [1.807, 2.05) is 12.1 Å². The SMILES string of the molecule is [C-]#[N+]c1cccc2c1-c1cc(-c3cccc(-c4nc(-c5ccc6ccccc6c5)nc(-c5ccc6ccccc6c5)n4)c3)ccc1C21c2ccccc2-c2ccccc21. The Morgan fingerprint density at radius 2 is 0.797 bits per heavy atom.